The average molecular weight is 312 g/mol. The summed E-state index contributed by atoms with van der Waals surface area (Å²) in [5.41, 5.74) is 1.05. The first kappa shape index (κ1) is 16.3. The lowest BCUT2D eigenvalue weighted by Gasteiger charge is -2.31. The third kappa shape index (κ3) is 4.45. The lowest BCUT2D eigenvalue weighted by molar-refractivity contribution is 0.0859. The van der Waals surface area contributed by atoms with Gasteiger partial charge in [0.25, 0.3) is 0 Å². The predicted molar refractivity (Wildman–Crippen MR) is 83.3 cm³/mol. The molecule has 0 saturated heterocycles. The Hall–Kier alpha value is -1.07. The number of benzene rings is 1. The Morgan fingerprint density at radius 2 is 1.95 bits per heavy atom. The standard InChI is InChI=1S/C16H24O4S/c1-20-14-8-6-12(7-9-14)10-16(17)13-4-3-5-15(11-13)21(2,18)19/h6-9,13,15-17H,3-5,10-11H2,1-2H3. The van der Waals surface area contributed by atoms with Crippen LogP contribution in [0.1, 0.15) is 31.2 Å². The highest BCUT2D eigenvalue weighted by molar-refractivity contribution is 7.91. The van der Waals surface area contributed by atoms with Crippen molar-refractivity contribution in [3.8, 4) is 5.75 Å². The van der Waals surface area contributed by atoms with Gasteiger partial charge in [-0.15, -0.1) is 0 Å². The molecular formula is C16H24O4S. The van der Waals surface area contributed by atoms with Crippen molar-refractivity contribution >= 4 is 9.84 Å². The molecule has 4 nitrogen and oxygen atoms in total. The van der Waals surface area contributed by atoms with E-state index >= 15 is 0 Å². The molecule has 0 radical (unpaired) electrons. The molecule has 2 rings (SSSR count). The Morgan fingerprint density at radius 3 is 2.52 bits per heavy atom. The van der Waals surface area contributed by atoms with E-state index < -0.39 is 15.9 Å². The maximum Gasteiger partial charge on any atom is 0.150 e. The number of ether oxygens (including phenoxy) is 1. The van der Waals surface area contributed by atoms with Crippen LogP contribution in [0.2, 0.25) is 0 Å². The Morgan fingerprint density at radius 1 is 1.29 bits per heavy atom. The minimum absolute atomic E-state index is 0.0700. The fourth-order valence-corrected chi connectivity index (χ4v) is 4.28. The van der Waals surface area contributed by atoms with Crippen molar-refractivity contribution < 1.29 is 18.3 Å². The normalized spacial score (nSPS) is 24.5. The van der Waals surface area contributed by atoms with E-state index in [1.807, 2.05) is 24.3 Å². The van der Waals surface area contributed by atoms with E-state index in [0.717, 1.165) is 30.6 Å². The zero-order valence-corrected chi connectivity index (χ0v) is 13.5. The van der Waals surface area contributed by atoms with Gasteiger partial charge < -0.3 is 9.84 Å². The molecule has 1 aliphatic rings. The van der Waals surface area contributed by atoms with Crippen molar-refractivity contribution in [1.82, 2.24) is 0 Å². The summed E-state index contributed by atoms with van der Waals surface area (Å²) in [7, 11) is -1.38. The van der Waals surface area contributed by atoms with Crippen LogP contribution in [0.25, 0.3) is 0 Å². The van der Waals surface area contributed by atoms with Crippen molar-refractivity contribution in [3.05, 3.63) is 29.8 Å². The summed E-state index contributed by atoms with van der Waals surface area (Å²) in [5, 5.41) is 10.1. The summed E-state index contributed by atoms with van der Waals surface area (Å²) in [6.45, 7) is 0. The highest BCUT2D eigenvalue weighted by atomic mass is 32.2. The molecule has 3 unspecified atom stereocenters. The molecule has 1 N–H and O–H groups in total. The number of rotatable bonds is 5. The van der Waals surface area contributed by atoms with Crippen LogP contribution in [-0.4, -0.2) is 38.2 Å². The molecule has 0 aliphatic heterocycles. The topological polar surface area (TPSA) is 63.6 Å². The second-order valence-corrected chi connectivity index (χ2v) is 8.32. The number of hydrogen-bond acceptors (Lipinski definition) is 4. The van der Waals surface area contributed by atoms with E-state index in [9.17, 15) is 13.5 Å². The summed E-state index contributed by atoms with van der Waals surface area (Å²) in [5.74, 6) is 0.864. The van der Waals surface area contributed by atoms with Crippen molar-refractivity contribution in [3.63, 3.8) is 0 Å². The van der Waals surface area contributed by atoms with E-state index in [4.69, 9.17) is 4.74 Å². The van der Waals surface area contributed by atoms with Gasteiger partial charge >= 0.3 is 0 Å². The summed E-state index contributed by atoms with van der Waals surface area (Å²) < 4.78 is 28.5. The second kappa shape index (κ2) is 6.79. The maximum absolute atomic E-state index is 11.7. The molecule has 1 aromatic carbocycles. The van der Waals surface area contributed by atoms with Gasteiger partial charge in [0.15, 0.2) is 0 Å². The molecule has 1 aromatic rings. The van der Waals surface area contributed by atoms with E-state index in [0.29, 0.717) is 12.8 Å². The number of aliphatic hydroxyl groups is 1. The number of hydrogen-bond donors (Lipinski definition) is 1. The second-order valence-electron chi connectivity index (χ2n) is 6.00. The largest absolute Gasteiger partial charge is 0.497 e. The van der Waals surface area contributed by atoms with Gasteiger partial charge in [-0.3, -0.25) is 0 Å². The first-order valence-corrected chi connectivity index (χ1v) is 9.35. The van der Waals surface area contributed by atoms with Gasteiger partial charge in [0.1, 0.15) is 15.6 Å². The summed E-state index contributed by atoms with van der Waals surface area (Å²) >= 11 is 0. The molecule has 5 heteroatoms. The zero-order chi connectivity index (χ0) is 15.5. The molecule has 1 aliphatic carbocycles. The van der Waals surface area contributed by atoms with Crippen LogP contribution in [0.15, 0.2) is 24.3 Å². The minimum atomic E-state index is -3.00. The SMILES string of the molecule is COc1ccc(CC(O)C2CCCC(S(C)(=O)=O)C2)cc1. The maximum atomic E-state index is 11.7. The van der Waals surface area contributed by atoms with Gasteiger partial charge in [-0.2, -0.15) is 0 Å². The van der Waals surface area contributed by atoms with Crippen molar-refractivity contribution in [2.75, 3.05) is 13.4 Å². The zero-order valence-electron chi connectivity index (χ0n) is 12.7. The van der Waals surface area contributed by atoms with Gasteiger partial charge in [-0.05, 0) is 49.3 Å². The fraction of sp³-hybridized carbons (Fsp3) is 0.625. The molecule has 1 fully saturated rings. The number of aliphatic hydroxyl groups excluding tert-OH is 1. The van der Waals surface area contributed by atoms with Gasteiger partial charge in [-0.25, -0.2) is 8.42 Å². The molecule has 0 spiro atoms. The Bertz CT molecular complexity index is 550. The van der Waals surface area contributed by atoms with Gasteiger partial charge in [0.05, 0.1) is 18.5 Å². The molecule has 0 aromatic heterocycles. The van der Waals surface area contributed by atoms with E-state index in [1.165, 1.54) is 6.26 Å². The highest BCUT2D eigenvalue weighted by Crippen LogP contribution is 2.31. The van der Waals surface area contributed by atoms with E-state index in [-0.39, 0.29) is 11.2 Å². The Kier molecular flexibility index (Phi) is 5.27. The van der Waals surface area contributed by atoms with Crippen LogP contribution >= 0.6 is 0 Å². The molecular weight excluding hydrogens is 288 g/mol. The molecule has 21 heavy (non-hydrogen) atoms. The Labute approximate surface area is 127 Å². The van der Waals surface area contributed by atoms with E-state index in [1.54, 1.807) is 7.11 Å². The van der Waals surface area contributed by atoms with Crippen LogP contribution in [0.3, 0.4) is 0 Å². The average Bonchev–Trinajstić information content (AvgIpc) is 2.47. The fourth-order valence-electron chi connectivity index (χ4n) is 3.09. The quantitative estimate of drug-likeness (QED) is 0.905. The van der Waals surface area contributed by atoms with Crippen LogP contribution < -0.4 is 4.74 Å². The van der Waals surface area contributed by atoms with Crippen molar-refractivity contribution in [2.24, 2.45) is 5.92 Å². The molecule has 118 valence electrons. The first-order chi connectivity index (χ1) is 9.90. The van der Waals surface area contributed by atoms with E-state index in [2.05, 4.69) is 0 Å². The smallest absolute Gasteiger partial charge is 0.150 e. The van der Waals surface area contributed by atoms with Crippen LogP contribution in [0.4, 0.5) is 0 Å². The third-order valence-electron chi connectivity index (χ3n) is 4.42. The first-order valence-electron chi connectivity index (χ1n) is 7.40. The van der Waals surface area contributed by atoms with Crippen LogP contribution in [0.5, 0.6) is 5.75 Å². The van der Waals surface area contributed by atoms with Crippen LogP contribution in [-0.2, 0) is 16.3 Å². The lowest BCUT2D eigenvalue weighted by atomic mass is 9.83. The summed E-state index contributed by atoms with van der Waals surface area (Å²) in [4.78, 5) is 0. The predicted octanol–water partition coefficient (Wildman–Crippen LogP) is 2.20. The summed E-state index contributed by atoms with van der Waals surface area (Å²) in [6.07, 6.45) is 4.47. The van der Waals surface area contributed by atoms with Crippen LogP contribution in [0, 0.1) is 5.92 Å². The van der Waals surface area contributed by atoms with Crippen molar-refractivity contribution in [2.45, 2.75) is 43.5 Å². The monoisotopic (exact) mass is 312 g/mol. The molecule has 0 heterocycles. The van der Waals surface area contributed by atoms with Gasteiger partial charge in [0, 0.05) is 6.26 Å². The lowest BCUT2D eigenvalue weighted by Crippen LogP contribution is -2.34. The number of sulfone groups is 1. The Balaban J connectivity index is 1.97. The molecule has 0 bridgehead atoms. The molecule has 3 atom stereocenters. The molecule has 1 saturated carbocycles. The highest BCUT2D eigenvalue weighted by Gasteiger charge is 2.32. The summed E-state index contributed by atoms with van der Waals surface area (Å²) in [6, 6.07) is 7.64. The van der Waals surface area contributed by atoms with Gasteiger partial charge in [-0.1, -0.05) is 18.6 Å². The van der Waals surface area contributed by atoms with Gasteiger partial charge in [0.2, 0.25) is 0 Å². The third-order valence-corrected chi connectivity index (χ3v) is 6.06. The molecule has 0 amide bonds. The van der Waals surface area contributed by atoms with Crippen molar-refractivity contribution in [1.29, 1.82) is 0 Å². The number of methoxy groups -OCH3 is 1. The minimum Gasteiger partial charge on any atom is -0.497 e.